The smallest absolute Gasteiger partial charge is 0.289 e. The van der Waals surface area contributed by atoms with Crippen molar-refractivity contribution in [2.45, 2.75) is 13.5 Å². The Balaban J connectivity index is 1.38. The molecule has 1 saturated heterocycles. The second kappa shape index (κ2) is 8.92. The van der Waals surface area contributed by atoms with Crippen LogP contribution in [0.5, 0.6) is 5.75 Å². The highest BCUT2D eigenvalue weighted by Gasteiger charge is 2.21. The third kappa shape index (κ3) is 4.40. The molecule has 34 heavy (non-hydrogen) atoms. The van der Waals surface area contributed by atoms with Crippen LogP contribution in [0, 0.1) is 6.92 Å². The van der Waals surface area contributed by atoms with Gasteiger partial charge in [-0.3, -0.25) is 4.79 Å². The van der Waals surface area contributed by atoms with Crippen molar-refractivity contribution in [2.75, 3.05) is 11.9 Å². The monoisotopic (exact) mass is 487 g/mol. The minimum Gasteiger partial charge on any atom is -0.505 e. The van der Waals surface area contributed by atoms with E-state index in [0.29, 0.717) is 17.2 Å². The van der Waals surface area contributed by atoms with E-state index in [4.69, 9.17) is 12.2 Å². The number of fused-ring (bicyclic) bond motifs is 1. The minimum atomic E-state index is -0.150. The molecule has 9 heteroatoms. The van der Waals surface area contributed by atoms with Gasteiger partial charge < -0.3 is 15.3 Å². The standard InChI is InChI=1S/C25H21N5O2S2/c1-15-11-17(23(31)21(12-15)30-27-19-5-3-4-6-20(19)28-30)14-29(2)18-9-7-16(8-10-18)13-22-24(33)26-25(32)34-22/h3-13,31H,14H2,1-2H3,(H,26,32,33)/b22-13-. The van der Waals surface area contributed by atoms with Gasteiger partial charge in [0.15, 0.2) is 0 Å². The number of aromatic nitrogens is 3. The molecule has 2 N–H and O–H groups in total. The number of amides is 1. The number of thiocarbonyl (C=S) groups is 1. The molecule has 7 nitrogen and oxygen atoms in total. The highest BCUT2D eigenvalue weighted by molar-refractivity contribution is 8.19. The number of phenolic OH excluding ortho intramolecular Hbond substituents is 1. The van der Waals surface area contributed by atoms with Gasteiger partial charge in [-0.25, -0.2) is 0 Å². The molecule has 0 spiro atoms. The third-order valence-corrected chi connectivity index (χ3v) is 6.78. The topological polar surface area (TPSA) is 83.3 Å². The van der Waals surface area contributed by atoms with E-state index in [0.717, 1.165) is 50.1 Å². The molecule has 0 bridgehead atoms. The lowest BCUT2D eigenvalue weighted by Gasteiger charge is -2.21. The lowest BCUT2D eigenvalue weighted by Crippen LogP contribution is -2.17. The quantitative estimate of drug-likeness (QED) is 0.296. The van der Waals surface area contributed by atoms with E-state index in [9.17, 15) is 9.90 Å². The highest BCUT2D eigenvalue weighted by atomic mass is 32.2. The summed E-state index contributed by atoms with van der Waals surface area (Å²) in [5, 5.41) is 22.6. The van der Waals surface area contributed by atoms with Crippen LogP contribution in [0.3, 0.4) is 0 Å². The molecule has 0 radical (unpaired) electrons. The SMILES string of the molecule is Cc1cc(CN(C)c2ccc(/C=C3\SC(=O)NC3=S)cc2)c(O)c(-n2nc3ccccc3n2)c1. The number of aromatic hydroxyl groups is 1. The number of hydrogen-bond donors (Lipinski definition) is 2. The molecular weight excluding hydrogens is 466 g/mol. The van der Waals surface area contributed by atoms with Crippen LogP contribution in [0.25, 0.3) is 22.8 Å². The summed E-state index contributed by atoms with van der Waals surface area (Å²) in [7, 11) is 1.97. The Morgan fingerprint density at radius 2 is 1.79 bits per heavy atom. The molecule has 2 heterocycles. The van der Waals surface area contributed by atoms with E-state index in [1.807, 2.05) is 80.7 Å². The van der Waals surface area contributed by atoms with Crippen molar-refractivity contribution in [2.24, 2.45) is 0 Å². The van der Waals surface area contributed by atoms with Crippen LogP contribution >= 0.6 is 24.0 Å². The Bertz CT molecular complexity index is 1430. The normalized spacial score (nSPS) is 14.7. The van der Waals surface area contributed by atoms with Crippen molar-refractivity contribution in [3.05, 3.63) is 82.3 Å². The van der Waals surface area contributed by atoms with Gasteiger partial charge in [-0.2, -0.15) is 0 Å². The van der Waals surface area contributed by atoms with Gasteiger partial charge in [0.1, 0.15) is 27.5 Å². The molecular formula is C25H21N5O2S2. The van der Waals surface area contributed by atoms with Gasteiger partial charge in [-0.05, 0) is 66.2 Å². The summed E-state index contributed by atoms with van der Waals surface area (Å²) in [4.78, 5) is 16.2. The van der Waals surface area contributed by atoms with Gasteiger partial charge in [-0.15, -0.1) is 15.0 Å². The third-order valence-electron chi connectivity index (χ3n) is 5.50. The Morgan fingerprint density at radius 1 is 1.12 bits per heavy atom. The molecule has 4 aromatic rings. The molecule has 1 amide bonds. The van der Waals surface area contributed by atoms with Gasteiger partial charge >= 0.3 is 0 Å². The molecule has 1 aromatic heterocycles. The van der Waals surface area contributed by atoms with E-state index in [1.165, 1.54) is 4.80 Å². The minimum absolute atomic E-state index is 0.150. The van der Waals surface area contributed by atoms with Crippen molar-refractivity contribution >= 4 is 57.0 Å². The lowest BCUT2D eigenvalue weighted by molar-refractivity contribution is 0.265. The summed E-state index contributed by atoms with van der Waals surface area (Å²) in [5.74, 6) is 0.156. The van der Waals surface area contributed by atoms with Crippen LogP contribution < -0.4 is 10.2 Å². The van der Waals surface area contributed by atoms with Crippen molar-refractivity contribution < 1.29 is 9.90 Å². The maximum absolute atomic E-state index is 11.5. The first kappa shape index (κ1) is 22.1. The first-order valence-electron chi connectivity index (χ1n) is 10.6. The number of rotatable bonds is 5. The fourth-order valence-corrected chi connectivity index (χ4v) is 4.85. The number of anilines is 1. The van der Waals surface area contributed by atoms with Crippen molar-refractivity contribution in [3.63, 3.8) is 0 Å². The number of benzene rings is 3. The molecule has 0 atom stereocenters. The van der Waals surface area contributed by atoms with Crippen molar-refractivity contribution in [1.82, 2.24) is 20.3 Å². The summed E-state index contributed by atoms with van der Waals surface area (Å²) in [6.45, 7) is 2.49. The van der Waals surface area contributed by atoms with Crippen molar-refractivity contribution in [3.8, 4) is 11.4 Å². The number of thioether (sulfide) groups is 1. The fraction of sp³-hybridized carbons (Fsp3) is 0.120. The zero-order valence-electron chi connectivity index (χ0n) is 18.5. The predicted molar refractivity (Wildman–Crippen MR) is 141 cm³/mol. The molecule has 0 saturated carbocycles. The number of nitrogens with one attached hydrogen (secondary N) is 1. The van der Waals surface area contributed by atoms with E-state index < -0.39 is 0 Å². The Kier molecular flexibility index (Phi) is 5.80. The van der Waals surface area contributed by atoms with Crippen LogP contribution in [0.15, 0.2) is 65.6 Å². The van der Waals surface area contributed by atoms with E-state index in [-0.39, 0.29) is 11.0 Å². The summed E-state index contributed by atoms with van der Waals surface area (Å²) >= 11 is 6.28. The van der Waals surface area contributed by atoms with Crippen LogP contribution in [-0.4, -0.2) is 37.4 Å². The Labute approximate surface area is 206 Å². The summed E-state index contributed by atoms with van der Waals surface area (Å²) < 4.78 is 0. The number of carbonyl (C=O) groups is 1. The van der Waals surface area contributed by atoms with Gasteiger partial charge in [0, 0.05) is 24.8 Å². The average molecular weight is 488 g/mol. The number of phenols is 1. The summed E-state index contributed by atoms with van der Waals surface area (Å²) in [6.07, 6.45) is 1.90. The summed E-state index contributed by atoms with van der Waals surface area (Å²) in [5.41, 5.74) is 5.83. The molecule has 3 aromatic carbocycles. The first-order chi connectivity index (χ1) is 16.4. The van der Waals surface area contributed by atoms with Gasteiger partial charge in [0.05, 0.1) is 4.91 Å². The van der Waals surface area contributed by atoms with Crippen LogP contribution in [0.2, 0.25) is 0 Å². The van der Waals surface area contributed by atoms with Gasteiger partial charge in [-0.1, -0.05) is 42.5 Å². The maximum atomic E-state index is 11.5. The fourth-order valence-electron chi connectivity index (χ4n) is 3.82. The first-order valence-corrected chi connectivity index (χ1v) is 11.8. The van der Waals surface area contributed by atoms with Crippen LogP contribution in [0.1, 0.15) is 16.7 Å². The molecule has 5 rings (SSSR count). The second-order valence-corrected chi connectivity index (χ2v) is 9.49. The number of hydrogen-bond acceptors (Lipinski definition) is 7. The van der Waals surface area contributed by atoms with E-state index in [2.05, 4.69) is 20.4 Å². The molecule has 1 aliphatic heterocycles. The Hall–Kier alpha value is -3.69. The highest BCUT2D eigenvalue weighted by Crippen LogP contribution is 2.31. The molecule has 0 aliphatic carbocycles. The molecule has 0 unspecified atom stereocenters. The van der Waals surface area contributed by atoms with Crippen LogP contribution in [-0.2, 0) is 6.54 Å². The van der Waals surface area contributed by atoms with Gasteiger partial charge in [0.2, 0.25) is 0 Å². The summed E-state index contributed by atoms with van der Waals surface area (Å²) in [6, 6.07) is 19.4. The largest absolute Gasteiger partial charge is 0.505 e. The molecule has 170 valence electrons. The second-order valence-electron chi connectivity index (χ2n) is 8.07. The number of carbonyl (C=O) groups excluding carboxylic acids is 1. The average Bonchev–Trinajstić information content (AvgIpc) is 3.38. The Morgan fingerprint density at radius 3 is 2.41 bits per heavy atom. The van der Waals surface area contributed by atoms with E-state index >= 15 is 0 Å². The molecule has 1 aliphatic rings. The zero-order valence-corrected chi connectivity index (χ0v) is 20.2. The van der Waals surface area contributed by atoms with Crippen molar-refractivity contribution in [1.29, 1.82) is 0 Å². The predicted octanol–water partition coefficient (Wildman–Crippen LogP) is 5.20. The zero-order chi connectivity index (χ0) is 23.8. The molecule has 1 fully saturated rings. The number of nitrogens with zero attached hydrogens (tertiary/aromatic N) is 4. The van der Waals surface area contributed by atoms with E-state index in [1.54, 1.807) is 0 Å². The lowest BCUT2D eigenvalue weighted by atomic mass is 10.1. The van der Waals surface area contributed by atoms with Crippen LogP contribution in [0.4, 0.5) is 10.5 Å². The number of aryl methyl sites for hydroxylation is 1. The maximum Gasteiger partial charge on any atom is 0.289 e. The van der Waals surface area contributed by atoms with Gasteiger partial charge in [0.25, 0.3) is 5.24 Å².